The molecule has 2 aromatic heterocycles. The second-order valence-corrected chi connectivity index (χ2v) is 9.05. The fourth-order valence-corrected chi connectivity index (χ4v) is 5.04. The number of nitrogens with zero attached hydrogens (tertiary/aromatic N) is 6. The number of rotatable bonds is 7. The number of hydrogen-bond acceptors (Lipinski definition) is 7. The molecule has 2 aliphatic heterocycles. The molecule has 10 nitrogen and oxygen atoms in total. The van der Waals surface area contributed by atoms with Gasteiger partial charge in [0.15, 0.2) is 0 Å². The van der Waals surface area contributed by atoms with Gasteiger partial charge in [0.2, 0.25) is 0 Å². The summed E-state index contributed by atoms with van der Waals surface area (Å²) in [5, 5.41) is 19.1. The molecule has 0 radical (unpaired) electrons. The van der Waals surface area contributed by atoms with Crippen molar-refractivity contribution in [2.75, 3.05) is 20.1 Å². The molecule has 1 saturated heterocycles. The van der Waals surface area contributed by atoms with E-state index in [0.717, 1.165) is 37.3 Å². The number of ether oxygens (including phenoxy) is 1. The minimum Gasteiger partial charge on any atom is -0.370 e. The number of pyridine rings is 1. The number of hydrogen-bond donors (Lipinski definition) is 0. The van der Waals surface area contributed by atoms with Crippen molar-refractivity contribution < 1.29 is 9.66 Å². The predicted molar refractivity (Wildman–Crippen MR) is 120 cm³/mol. The first kappa shape index (κ1) is 21.5. The normalized spacial score (nSPS) is 19.9. The third-order valence-corrected chi connectivity index (χ3v) is 6.43. The molecule has 0 spiro atoms. The van der Waals surface area contributed by atoms with Crippen LogP contribution in [0.2, 0.25) is 0 Å². The zero-order valence-electron chi connectivity index (χ0n) is 18.5. The highest BCUT2D eigenvalue weighted by Gasteiger charge is 2.33. The zero-order valence-corrected chi connectivity index (χ0v) is 18.5. The van der Waals surface area contributed by atoms with Crippen LogP contribution in [0.15, 0.2) is 47.4 Å². The summed E-state index contributed by atoms with van der Waals surface area (Å²) in [7, 11) is 2.15. The van der Waals surface area contributed by atoms with Gasteiger partial charge in [0, 0.05) is 48.9 Å². The van der Waals surface area contributed by atoms with Gasteiger partial charge in [-0.25, -0.2) is 4.68 Å². The average Bonchev–Trinajstić information content (AvgIpc) is 3.22. The molecule has 172 valence electrons. The van der Waals surface area contributed by atoms with Gasteiger partial charge in [-0.2, -0.15) is 0 Å². The van der Waals surface area contributed by atoms with Gasteiger partial charge in [0.25, 0.3) is 11.2 Å². The SMILES string of the molecule is CN1C[C@@H]2C[C@H](C1)c1ccc(COCc3cn(Cc4cccc([N+](=O)[O-])c4)nn3)c(=O)n1C2. The highest BCUT2D eigenvalue weighted by atomic mass is 16.6. The third kappa shape index (κ3) is 4.57. The molecule has 5 rings (SSSR count). The summed E-state index contributed by atoms with van der Waals surface area (Å²) in [5.41, 5.74) is 3.27. The van der Waals surface area contributed by atoms with Gasteiger partial charge < -0.3 is 14.2 Å². The van der Waals surface area contributed by atoms with E-state index in [1.807, 2.05) is 10.6 Å². The highest BCUT2D eigenvalue weighted by Crippen LogP contribution is 2.34. The van der Waals surface area contributed by atoms with Crippen molar-refractivity contribution in [2.24, 2.45) is 5.92 Å². The largest absolute Gasteiger partial charge is 0.370 e. The lowest BCUT2D eigenvalue weighted by molar-refractivity contribution is -0.384. The predicted octanol–water partition coefficient (Wildman–Crippen LogP) is 2.16. The Morgan fingerprint density at radius 1 is 1.18 bits per heavy atom. The van der Waals surface area contributed by atoms with Crippen molar-refractivity contribution >= 4 is 5.69 Å². The van der Waals surface area contributed by atoms with Crippen LogP contribution >= 0.6 is 0 Å². The fourth-order valence-electron chi connectivity index (χ4n) is 5.04. The van der Waals surface area contributed by atoms with E-state index in [-0.39, 0.29) is 24.5 Å². The summed E-state index contributed by atoms with van der Waals surface area (Å²) in [6.07, 6.45) is 2.90. The number of likely N-dealkylation sites (N-methyl/N-ethyl adjacent to an activating group) is 1. The Bertz CT molecular complexity index is 1240. The van der Waals surface area contributed by atoms with Crippen molar-refractivity contribution in [3.63, 3.8) is 0 Å². The smallest absolute Gasteiger partial charge is 0.269 e. The van der Waals surface area contributed by atoms with Crippen molar-refractivity contribution in [1.29, 1.82) is 0 Å². The van der Waals surface area contributed by atoms with Crippen LogP contribution in [0.25, 0.3) is 0 Å². The number of nitro groups is 1. The highest BCUT2D eigenvalue weighted by molar-refractivity contribution is 5.34. The molecule has 3 aromatic rings. The quantitative estimate of drug-likeness (QED) is 0.401. The van der Waals surface area contributed by atoms with E-state index in [4.69, 9.17) is 4.74 Å². The average molecular weight is 450 g/mol. The molecule has 33 heavy (non-hydrogen) atoms. The van der Waals surface area contributed by atoms with Gasteiger partial charge in [-0.1, -0.05) is 17.3 Å². The van der Waals surface area contributed by atoms with Gasteiger partial charge in [0.1, 0.15) is 5.69 Å². The fraction of sp³-hybridized carbons (Fsp3) is 0.435. The van der Waals surface area contributed by atoms with Crippen LogP contribution in [0.3, 0.4) is 0 Å². The first-order valence-electron chi connectivity index (χ1n) is 11.1. The number of benzene rings is 1. The summed E-state index contributed by atoms with van der Waals surface area (Å²) in [4.78, 5) is 25.9. The van der Waals surface area contributed by atoms with Crippen LogP contribution in [0.4, 0.5) is 5.69 Å². The molecule has 10 heteroatoms. The zero-order chi connectivity index (χ0) is 22.9. The van der Waals surface area contributed by atoms with Crippen LogP contribution in [0, 0.1) is 16.0 Å². The van der Waals surface area contributed by atoms with Crippen molar-refractivity contribution in [2.45, 2.75) is 38.6 Å². The Kier molecular flexibility index (Phi) is 5.77. The maximum Gasteiger partial charge on any atom is 0.269 e. The Morgan fingerprint density at radius 3 is 2.91 bits per heavy atom. The van der Waals surface area contributed by atoms with Crippen LogP contribution in [0.5, 0.6) is 0 Å². The molecular formula is C23H26N6O4. The molecule has 0 aliphatic carbocycles. The van der Waals surface area contributed by atoms with Crippen LogP contribution in [-0.4, -0.2) is 49.5 Å². The lowest BCUT2D eigenvalue weighted by Gasteiger charge is -2.41. The molecule has 0 saturated carbocycles. The number of aromatic nitrogens is 4. The van der Waals surface area contributed by atoms with Crippen LogP contribution in [0.1, 0.15) is 34.9 Å². The molecule has 1 fully saturated rings. The number of fused-ring (bicyclic) bond motifs is 4. The maximum absolute atomic E-state index is 13.0. The Labute approximate surface area is 190 Å². The molecule has 1 aromatic carbocycles. The Morgan fingerprint density at radius 2 is 2.06 bits per heavy atom. The van der Waals surface area contributed by atoms with Gasteiger partial charge in [-0.15, -0.1) is 5.10 Å². The van der Waals surface area contributed by atoms with Gasteiger partial charge in [-0.3, -0.25) is 14.9 Å². The summed E-state index contributed by atoms with van der Waals surface area (Å²) in [6, 6.07) is 10.4. The standard InChI is InChI=1S/C23H26N6O4/c1-26-9-17-7-19(12-26)22-6-5-18(23(30)28(22)11-17)14-33-15-20-13-27(25-24-20)10-16-3-2-4-21(8-16)29(31)32/h2-6,8,13,17,19H,7,9-12,14-15H2,1H3/t17-,19+/m0/s1. The topological polar surface area (TPSA) is 108 Å². The molecule has 0 N–H and O–H groups in total. The molecule has 2 bridgehead atoms. The number of nitro benzene ring substituents is 1. The molecule has 4 heterocycles. The first-order chi connectivity index (χ1) is 16.0. The van der Waals surface area contributed by atoms with Gasteiger partial charge >= 0.3 is 0 Å². The Balaban J connectivity index is 1.20. The number of likely N-dealkylation sites (tertiary alicyclic amines) is 1. The first-order valence-corrected chi connectivity index (χ1v) is 11.1. The van der Waals surface area contributed by atoms with E-state index >= 15 is 0 Å². The molecule has 2 aliphatic rings. The van der Waals surface area contributed by atoms with E-state index in [1.54, 1.807) is 23.0 Å². The van der Waals surface area contributed by atoms with Crippen molar-refractivity contribution in [3.05, 3.63) is 85.6 Å². The van der Waals surface area contributed by atoms with Gasteiger partial charge in [-0.05, 0) is 37.1 Å². The van der Waals surface area contributed by atoms with Crippen molar-refractivity contribution in [1.82, 2.24) is 24.5 Å². The maximum atomic E-state index is 13.0. The summed E-state index contributed by atoms with van der Waals surface area (Å²) in [6.45, 7) is 3.62. The van der Waals surface area contributed by atoms with E-state index in [0.29, 0.717) is 29.6 Å². The summed E-state index contributed by atoms with van der Waals surface area (Å²) >= 11 is 0. The Hall–Kier alpha value is -3.37. The van der Waals surface area contributed by atoms with Gasteiger partial charge in [0.05, 0.1) is 30.9 Å². The summed E-state index contributed by atoms with van der Waals surface area (Å²) < 4.78 is 9.33. The number of non-ortho nitro benzene ring substituents is 1. The third-order valence-electron chi connectivity index (χ3n) is 6.43. The molecule has 0 unspecified atom stereocenters. The second-order valence-electron chi connectivity index (χ2n) is 9.05. The lowest BCUT2D eigenvalue weighted by atomic mass is 9.83. The van der Waals surface area contributed by atoms with Crippen LogP contribution < -0.4 is 5.56 Å². The monoisotopic (exact) mass is 450 g/mol. The minimum atomic E-state index is -0.418. The lowest BCUT2D eigenvalue weighted by Crippen LogP contribution is -2.46. The van der Waals surface area contributed by atoms with E-state index in [1.165, 1.54) is 12.1 Å². The van der Waals surface area contributed by atoms with E-state index in [9.17, 15) is 14.9 Å². The molecular weight excluding hydrogens is 424 g/mol. The number of piperidine rings is 1. The minimum absolute atomic E-state index is 0.0427. The van der Waals surface area contributed by atoms with E-state index < -0.39 is 4.92 Å². The van der Waals surface area contributed by atoms with E-state index in [2.05, 4.69) is 28.3 Å². The molecule has 0 amide bonds. The summed E-state index contributed by atoms with van der Waals surface area (Å²) in [5.74, 6) is 0.947. The molecule has 2 atom stereocenters. The van der Waals surface area contributed by atoms with Crippen LogP contribution in [-0.2, 0) is 31.0 Å². The van der Waals surface area contributed by atoms with Crippen molar-refractivity contribution in [3.8, 4) is 0 Å². The second kappa shape index (κ2) is 8.87.